The van der Waals surface area contributed by atoms with Gasteiger partial charge in [-0.3, -0.25) is 14.9 Å². The van der Waals surface area contributed by atoms with Crippen LogP contribution in [0.5, 0.6) is 5.75 Å². The first-order valence-corrected chi connectivity index (χ1v) is 6.93. The Labute approximate surface area is 132 Å². The molecule has 0 aliphatic heterocycles. The van der Waals surface area contributed by atoms with E-state index in [-0.39, 0.29) is 23.6 Å². The van der Waals surface area contributed by atoms with Gasteiger partial charge in [0.15, 0.2) is 12.4 Å². The first kappa shape index (κ1) is 16.0. The Balaban J connectivity index is 2.10. The Morgan fingerprint density at radius 1 is 1.18 bits per heavy atom. The molecule has 0 spiro atoms. The summed E-state index contributed by atoms with van der Waals surface area (Å²) in [7, 11) is 0. The number of nitro groups is 1. The minimum Gasteiger partial charge on any atom is -0.485 e. The molecule has 0 saturated carbocycles. The van der Waals surface area contributed by atoms with Crippen molar-refractivity contribution in [1.29, 1.82) is 0 Å². The average Bonchev–Trinajstić information content (AvgIpc) is 2.48. The first-order valence-electron chi connectivity index (χ1n) is 6.55. The normalized spacial score (nSPS) is 10.3. The maximum absolute atomic E-state index is 12.1. The molecule has 0 amide bonds. The Bertz CT molecular complexity index is 743. The maximum atomic E-state index is 12.1. The molecule has 0 aliphatic rings. The van der Waals surface area contributed by atoms with Gasteiger partial charge in [-0.05, 0) is 37.6 Å². The number of hydrogen-bond donors (Lipinski definition) is 0. The largest absolute Gasteiger partial charge is 0.485 e. The summed E-state index contributed by atoms with van der Waals surface area (Å²) in [6.45, 7) is 3.26. The number of ether oxygens (including phenoxy) is 1. The highest BCUT2D eigenvalue weighted by Crippen LogP contribution is 2.22. The van der Waals surface area contributed by atoms with E-state index < -0.39 is 4.92 Å². The Morgan fingerprint density at radius 3 is 2.55 bits per heavy atom. The van der Waals surface area contributed by atoms with E-state index in [0.29, 0.717) is 16.3 Å². The fourth-order valence-corrected chi connectivity index (χ4v) is 2.04. The SMILES string of the molecule is Cc1cc(OCC(=O)c2ccc(C)c([N+](=O)[O-])c2)ccc1Cl. The van der Waals surface area contributed by atoms with Crippen molar-refractivity contribution in [2.75, 3.05) is 6.61 Å². The van der Waals surface area contributed by atoms with Crippen LogP contribution in [0.15, 0.2) is 36.4 Å². The Hall–Kier alpha value is -2.40. The second kappa shape index (κ2) is 6.58. The van der Waals surface area contributed by atoms with E-state index in [9.17, 15) is 14.9 Å². The molecule has 0 aliphatic carbocycles. The minimum atomic E-state index is -0.504. The van der Waals surface area contributed by atoms with E-state index in [2.05, 4.69) is 0 Å². The number of aryl methyl sites for hydroxylation is 2. The van der Waals surface area contributed by atoms with Crippen LogP contribution in [0.4, 0.5) is 5.69 Å². The van der Waals surface area contributed by atoms with Gasteiger partial charge in [-0.15, -0.1) is 0 Å². The van der Waals surface area contributed by atoms with Crippen molar-refractivity contribution in [3.8, 4) is 5.75 Å². The summed E-state index contributed by atoms with van der Waals surface area (Å²) in [5, 5.41) is 11.5. The van der Waals surface area contributed by atoms with Crippen molar-refractivity contribution in [2.24, 2.45) is 0 Å². The van der Waals surface area contributed by atoms with Gasteiger partial charge in [0.1, 0.15) is 5.75 Å². The predicted octanol–water partition coefficient (Wildman–Crippen LogP) is 4.13. The molecule has 5 nitrogen and oxygen atoms in total. The molecule has 0 radical (unpaired) electrons. The quantitative estimate of drug-likeness (QED) is 0.472. The van der Waals surface area contributed by atoms with Gasteiger partial charge in [-0.25, -0.2) is 0 Å². The summed E-state index contributed by atoms with van der Waals surface area (Å²) in [6, 6.07) is 9.47. The summed E-state index contributed by atoms with van der Waals surface area (Å²) >= 11 is 5.91. The highest BCUT2D eigenvalue weighted by atomic mass is 35.5. The van der Waals surface area contributed by atoms with Crippen molar-refractivity contribution in [1.82, 2.24) is 0 Å². The van der Waals surface area contributed by atoms with Gasteiger partial charge in [-0.1, -0.05) is 23.7 Å². The predicted molar refractivity (Wildman–Crippen MR) is 83.8 cm³/mol. The van der Waals surface area contributed by atoms with Crippen LogP contribution in [0.2, 0.25) is 5.02 Å². The van der Waals surface area contributed by atoms with Crippen molar-refractivity contribution in [3.63, 3.8) is 0 Å². The number of Topliss-reactive ketones (excluding diaryl/α,β-unsaturated/α-hetero) is 1. The molecule has 0 N–H and O–H groups in total. The maximum Gasteiger partial charge on any atom is 0.273 e. The third-order valence-electron chi connectivity index (χ3n) is 3.23. The van der Waals surface area contributed by atoms with E-state index in [4.69, 9.17) is 16.3 Å². The van der Waals surface area contributed by atoms with Crippen molar-refractivity contribution in [3.05, 3.63) is 68.2 Å². The van der Waals surface area contributed by atoms with Gasteiger partial charge in [-0.2, -0.15) is 0 Å². The molecular formula is C16H14ClNO4. The lowest BCUT2D eigenvalue weighted by molar-refractivity contribution is -0.385. The first-order chi connectivity index (χ1) is 10.4. The summed E-state index contributed by atoms with van der Waals surface area (Å²) in [6.07, 6.45) is 0. The van der Waals surface area contributed by atoms with Crippen molar-refractivity contribution in [2.45, 2.75) is 13.8 Å². The van der Waals surface area contributed by atoms with E-state index >= 15 is 0 Å². The standard InChI is InChI=1S/C16H14ClNO4/c1-10-3-4-12(8-15(10)18(20)21)16(19)9-22-13-5-6-14(17)11(2)7-13/h3-8H,9H2,1-2H3. The second-order valence-electron chi connectivity index (χ2n) is 4.88. The third kappa shape index (κ3) is 3.62. The molecule has 114 valence electrons. The average molecular weight is 320 g/mol. The molecule has 2 aromatic carbocycles. The highest BCUT2D eigenvalue weighted by molar-refractivity contribution is 6.31. The number of halogens is 1. The molecule has 6 heteroatoms. The van der Waals surface area contributed by atoms with E-state index in [1.807, 2.05) is 6.92 Å². The number of ketones is 1. The zero-order valence-corrected chi connectivity index (χ0v) is 12.9. The molecule has 0 aromatic heterocycles. The molecule has 0 heterocycles. The molecule has 0 bridgehead atoms. The van der Waals surface area contributed by atoms with E-state index in [1.165, 1.54) is 6.07 Å². The number of nitro benzene ring substituents is 1. The van der Waals surface area contributed by atoms with Gasteiger partial charge < -0.3 is 4.74 Å². The number of carbonyl (C=O) groups excluding carboxylic acids is 1. The van der Waals surface area contributed by atoms with Gasteiger partial charge in [0.25, 0.3) is 5.69 Å². The van der Waals surface area contributed by atoms with Gasteiger partial charge in [0, 0.05) is 22.2 Å². The summed E-state index contributed by atoms with van der Waals surface area (Å²) in [5.74, 6) is 0.201. The molecule has 0 atom stereocenters. The number of benzene rings is 2. The van der Waals surface area contributed by atoms with Gasteiger partial charge in [0.05, 0.1) is 4.92 Å². The third-order valence-corrected chi connectivity index (χ3v) is 3.65. The topological polar surface area (TPSA) is 69.4 Å². The van der Waals surface area contributed by atoms with Crippen LogP contribution in [0.1, 0.15) is 21.5 Å². The zero-order valence-electron chi connectivity index (χ0n) is 12.1. The van der Waals surface area contributed by atoms with Crippen LogP contribution in [0, 0.1) is 24.0 Å². The number of hydrogen-bond acceptors (Lipinski definition) is 4. The Morgan fingerprint density at radius 2 is 1.91 bits per heavy atom. The molecule has 0 saturated heterocycles. The smallest absolute Gasteiger partial charge is 0.273 e. The van der Waals surface area contributed by atoms with Crippen LogP contribution in [-0.2, 0) is 0 Å². The summed E-state index contributed by atoms with van der Waals surface area (Å²) in [4.78, 5) is 22.5. The Kier molecular flexibility index (Phi) is 4.78. The van der Waals surface area contributed by atoms with Crippen LogP contribution in [0.3, 0.4) is 0 Å². The van der Waals surface area contributed by atoms with Crippen molar-refractivity contribution >= 4 is 23.1 Å². The molecule has 0 fully saturated rings. The van der Waals surface area contributed by atoms with Crippen LogP contribution in [0.25, 0.3) is 0 Å². The number of rotatable bonds is 5. The summed E-state index contributed by atoms with van der Waals surface area (Å²) in [5.41, 5.74) is 1.53. The lowest BCUT2D eigenvalue weighted by atomic mass is 10.1. The number of carbonyl (C=O) groups is 1. The van der Waals surface area contributed by atoms with Crippen LogP contribution < -0.4 is 4.74 Å². The fourth-order valence-electron chi connectivity index (χ4n) is 1.92. The van der Waals surface area contributed by atoms with Crippen LogP contribution in [-0.4, -0.2) is 17.3 Å². The molecule has 22 heavy (non-hydrogen) atoms. The highest BCUT2D eigenvalue weighted by Gasteiger charge is 2.15. The van der Waals surface area contributed by atoms with Crippen molar-refractivity contribution < 1.29 is 14.5 Å². The fraction of sp³-hybridized carbons (Fsp3) is 0.188. The monoisotopic (exact) mass is 319 g/mol. The summed E-state index contributed by atoms with van der Waals surface area (Å²) < 4.78 is 5.41. The zero-order chi connectivity index (χ0) is 16.3. The molecule has 2 rings (SSSR count). The van der Waals surface area contributed by atoms with Gasteiger partial charge in [0.2, 0.25) is 0 Å². The lowest BCUT2D eigenvalue weighted by Crippen LogP contribution is -2.12. The lowest BCUT2D eigenvalue weighted by Gasteiger charge is -2.07. The second-order valence-corrected chi connectivity index (χ2v) is 5.29. The molecule has 0 unspecified atom stereocenters. The van der Waals surface area contributed by atoms with Crippen LogP contribution >= 0.6 is 11.6 Å². The van der Waals surface area contributed by atoms with Gasteiger partial charge >= 0.3 is 0 Å². The number of nitrogens with zero attached hydrogens (tertiary/aromatic N) is 1. The molecule has 2 aromatic rings. The van der Waals surface area contributed by atoms with E-state index in [0.717, 1.165) is 5.56 Å². The minimum absolute atomic E-state index is 0.0758. The van der Waals surface area contributed by atoms with E-state index in [1.54, 1.807) is 37.3 Å². The molecular weight excluding hydrogens is 306 g/mol.